The van der Waals surface area contributed by atoms with Crippen molar-refractivity contribution in [2.45, 2.75) is 69.5 Å². The number of rotatable bonds is 5. The number of aliphatic hydroxyl groups is 1. The van der Waals surface area contributed by atoms with Crippen LogP contribution in [0.5, 0.6) is 0 Å². The monoisotopic (exact) mass is 402 g/mol. The predicted octanol–water partition coefficient (Wildman–Crippen LogP) is 3.93. The fraction of sp³-hybridized carbons (Fsp3) is 0.636. The van der Waals surface area contributed by atoms with Crippen molar-refractivity contribution in [3.63, 3.8) is 0 Å². The molecule has 2 aliphatic rings. The lowest BCUT2D eigenvalue weighted by Crippen LogP contribution is -2.54. The van der Waals surface area contributed by atoms with Crippen molar-refractivity contribution in [3.05, 3.63) is 29.3 Å². The summed E-state index contributed by atoms with van der Waals surface area (Å²) in [5.74, 6) is 0.252. The zero-order valence-electron chi connectivity index (χ0n) is 16.7. The summed E-state index contributed by atoms with van der Waals surface area (Å²) in [5, 5.41) is 11.5. The van der Waals surface area contributed by atoms with Crippen LogP contribution in [0, 0.1) is 0 Å². The van der Waals surface area contributed by atoms with Gasteiger partial charge in [-0.25, -0.2) is 4.98 Å². The van der Waals surface area contributed by atoms with Crippen molar-refractivity contribution in [3.8, 4) is 0 Å². The van der Waals surface area contributed by atoms with Crippen molar-refractivity contribution < 1.29 is 14.6 Å². The van der Waals surface area contributed by atoms with Crippen LogP contribution in [0.15, 0.2) is 24.3 Å². The standard InChI is InChI=1S/C22H30N2O3S/c1-21(26)12-15-27-22(16-21)10-13-24(14-11-22)20(25)9-5-4-8-19-23-17-6-2-3-7-18(17)28-19/h2-3,6-7,26H,4-5,8-16H2,1H3. The number of aryl methyl sites for hydroxylation is 1. The van der Waals surface area contributed by atoms with Gasteiger partial charge in [-0.05, 0) is 57.6 Å². The summed E-state index contributed by atoms with van der Waals surface area (Å²) in [6.45, 7) is 4.01. The number of ether oxygens (including phenoxy) is 1. The van der Waals surface area contributed by atoms with Gasteiger partial charge in [0, 0.05) is 25.9 Å². The Morgan fingerprint density at radius 3 is 2.79 bits per heavy atom. The normalized spacial score (nSPS) is 24.7. The zero-order valence-corrected chi connectivity index (χ0v) is 17.5. The third-order valence-corrected chi connectivity index (χ3v) is 7.24. The first kappa shape index (κ1) is 19.8. The molecule has 152 valence electrons. The second kappa shape index (κ2) is 8.09. The van der Waals surface area contributed by atoms with E-state index >= 15 is 0 Å². The van der Waals surface area contributed by atoms with Crippen LogP contribution in [-0.2, 0) is 16.0 Å². The highest BCUT2D eigenvalue weighted by Gasteiger charge is 2.44. The van der Waals surface area contributed by atoms with Gasteiger partial charge in [-0.2, -0.15) is 0 Å². The third kappa shape index (κ3) is 4.56. The van der Waals surface area contributed by atoms with E-state index in [1.54, 1.807) is 11.3 Å². The Hall–Kier alpha value is -1.50. The fourth-order valence-electron chi connectivity index (χ4n) is 4.54. The van der Waals surface area contributed by atoms with Gasteiger partial charge in [-0.15, -0.1) is 11.3 Å². The molecule has 5 nitrogen and oxygen atoms in total. The van der Waals surface area contributed by atoms with Gasteiger partial charge in [0.2, 0.25) is 5.91 Å². The summed E-state index contributed by atoms with van der Waals surface area (Å²) in [6.07, 6.45) is 6.50. The molecule has 1 spiro atoms. The second-order valence-corrected chi connectivity index (χ2v) is 9.73. The maximum absolute atomic E-state index is 12.6. The Morgan fingerprint density at radius 1 is 1.25 bits per heavy atom. The molecule has 0 bridgehead atoms. The van der Waals surface area contributed by atoms with Gasteiger partial charge in [-0.1, -0.05) is 12.1 Å². The summed E-state index contributed by atoms with van der Waals surface area (Å²) >= 11 is 1.76. The first-order chi connectivity index (χ1) is 13.4. The number of piperidine rings is 1. The third-order valence-electron chi connectivity index (χ3n) is 6.15. The molecule has 2 aromatic rings. The molecule has 1 aromatic carbocycles. The predicted molar refractivity (Wildman–Crippen MR) is 112 cm³/mol. The number of amides is 1. The molecule has 6 heteroatoms. The van der Waals surface area contributed by atoms with Crippen LogP contribution in [0.2, 0.25) is 0 Å². The van der Waals surface area contributed by atoms with Crippen LogP contribution in [0.25, 0.3) is 10.2 Å². The number of hydrogen-bond acceptors (Lipinski definition) is 5. The number of carbonyl (C=O) groups is 1. The highest BCUT2D eigenvalue weighted by molar-refractivity contribution is 7.18. The van der Waals surface area contributed by atoms with E-state index in [0.717, 1.165) is 55.7 Å². The zero-order chi connectivity index (χ0) is 19.6. The number of aromatic nitrogens is 1. The molecule has 3 heterocycles. The van der Waals surface area contributed by atoms with Gasteiger partial charge in [0.1, 0.15) is 0 Å². The minimum atomic E-state index is -0.634. The smallest absolute Gasteiger partial charge is 0.222 e. The summed E-state index contributed by atoms with van der Waals surface area (Å²) < 4.78 is 7.27. The maximum Gasteiger partial charge on any atom is 0.222 e. The number of hydrogen-bond donors (Lipinski definition) is 1. The Labute approximate surface area is 170 Å². The molecule has 4 rings (SSSR count). The van der Waals surface area contributed by atoms with Gasteiger partial charge in [-0.3, -0.25) is 4.79 Å². The summed E-state index contributed by atoms with van der Waals surface area (Å²) in [4.78, 5) is 19.2. The number of fused-ring (bicyclic) bond motifs is 1. The lowest BCUT2D eigenvalue weighted by molar-refractivity contribution is -0.175. The number of unbranched alkanes of at least 4 members (excludes halogenated alkanes) is 1. The van der Waals surface area contributed by atoms with E-state index in [1.165, 1.54) is 4.70 Å². The molecular formula is C22H30N2O3S. The Balaban J connectivity index is 1.20. The van der Waals surface area contributed by atoms with Crippen molar-refractivity contribution in [1.82, 2.24) is 9.88 Å². The summed E-state index contributed by atoms with van der Waals surface area (Å²) in [5.41, 5.74) is 0.209. The topological polar surface area (TPSA) is 62.7 Å². The highest BCUT2D eigenvalue weighted by Crippen LogP contribution is 2.39. The molecule has 0 saturated carbocycles. The van der Waals surface area contributed by atoms with Crippen molar-refractivity contribution >= 4 is 27.5 Å². The van der Waals surface area contributed by atoms with E-state index < -0.39 is 5.60 Å². The number of carbonyl (C=O) groups excluding carboxylic acids is 1. The molecule has 2 saturated heterocycles. The van der Waals surface area contributed by atoms with Crippen molar-refractivity contribution in [2.75, 3.05) is 19.7 Å². The molecule has 2 aliphatic heterocycles. The summed E-state index contributed by atoms with van der Waals surface area (Å²) in [7, 11) is 0. The summed E-state index contributed by atoms with van der Waals surface area (Å²) in [6, 6.07) is 8.23. The van der Waals surface area contributed by atoms with Crippen molar-refractivity contribution in [1.29, 1.82) is 0 Å². The number of benzene rings is 1. The first-order valence-electron chi connectivity index (χ1n) is 10.4. The molecule has 0 radical (unpaired) electrons. The van der Waals surface area contributed by atoms with Crippen LogP contribution in [0.4, 0.5) is 0 Å². The van der Waals surface area contributed by atoms with Crippen LogP contribution >= 0.6 is 11.3 Å². The SMILES string of the molecule is CC1(O)CCOC2(CCN(C(=O)CCCCc3nc4ccccc4s3)CC2)C1. The van der Waals surface area contributed by atoms with Gasteiger partial charge in [0.05, 0.1) is 33.0 Å². The Bertz CT molecular complexity index is 791. The van der Waals surface area contributed by atoms with Crippen LogP contribution in [0.3, 0.4) is 0 Å². The second-order valence-electron chi connectivity index (χ2n) is 8.62. The molecule has 1 amide bonds. The van der Waals surface area contributed by atoms with Gasteiger partial charge < -0.3 is 14.7 Å². The van der Waals surface area contributed by atoms with E-state index in [4.69, 9.17) is 4.74 Å². The average molecular weight is 403 g/mol. The lowest BCUT2D eigenvalue weighted by Gasteiger charge is -2.48. The number of likely N-dealkylation sites (tertiary alicyclic amines) is 1. The lowest BCUT2D eigenvalue weighted by atomic mass is 9.78. The molecule has 1 unspecified atom stereocenters. The van der Waals surface area contributed by atoms with Crippen molar-refractivity contribution in [2.24, 2.45) is 0 Å². The average Bonchev–Trinajstić information content (AvgIpc) is 3.07. The molecule has 2 fully saturated rings. The fourth-order valence-corrected chi connectivity index (χ4v) is 5.55. The van der Waals surface area contributed by atoms with E-state index in [0.29, 0.717) is 25.9 Å². The van der Waals surface area contributed by atoms with Crippen LogP contribution < -0.4 is 0 Å². The number of para-hydroxylation sites is 1. The molecule has 1 atom stereocenters. The first-order valence-corrected chi connectivity index (χ1v) is 11.3. The Morgan fingerprint density at radius 2 is 2.04 bits per heavy atom. The molecule has 0 aliphatic carbocycles. The van der Waals surface area contributed by atoms with Gasteiger partial charge >= 0.3 is 0 Å². The Kier molecular flexibility index (Phi) is 5.72. The maximum atomic E-state index is 12.6. The molecule has 1 N–H and O–H groups in total. The van der Waals surface area contributed by atoms with Crippen LogP contribution in [-0.4, -0.2) is 51.8 Å². The number of nitrogens with zero attached hydrogens (tertiary/aromatic N) is 2. The molecule has 1 aromatic heterocycles. The van der Waals surface area contributed by atoms with Gasteiger partial charge in [0.15, 0.2) is 0 Å². The quantitative estimate of drug-likeness (QED) is 0.770. The van der Waals surface area contributed by atoms with Gasteiger partial charge in [0.25, 0.3) is 0 Å². The molecule has 28 heavy (non-hydrogen) atoms. The van der Waals surface area contributed by atoms with E-state index in [1.807, 2.05) is 24.0 Å². The van der Waals surface area contributed by atoms with E-state index in [2.05, 4.69) is 17.1 Å². The highest BCUT2D eigenvalue weighted by atomic mass is 32.1. The van der Waals surface area contributed by atoms with Crippen LogP contribution in [0.1, 0.15) is 56.9 Å². The van der Waals surface area contributed by atoms with E-state index in [-0.39, 0.29) is 11.5 Å². The minimum Gasteiger partial charge on any atom is -0.390 e. The largest absolute Gasteiger partial charge is 0.390 e. The minimum absolute atomic E-state index is 0.231. The van der Waals surface area contributed by atoms with E-state index in [9.17, 15) is 9.90 Å². The molecular weight excluding hydrogens is 372 g/mol. The number of thiazole rings is 1.